The lowest BCUT2D eigenvalue weighted by Crippen LogP contribution is -2.30. The number of phosphoric acid groups is 2. The van der Waals surface area contributed by atoms with Crippen molar-refractivity contribution < 1.29 is 80.2 Å². The number of phosphoric ester groups is 2. The maximum Gasteiger partial charge on any atom is 0.472 e. The van der Waals surface area contributed by atoms with Gasteiger partial charge in [0, 0.05) is 25.7 Å². The quantitative estimate of drug-likeness (QED) is 0.0169. The summed E-state index contributed by atoms with van der Waals surface area (Å²) < 4.78 is 68.5. The fraction of sp³-hybridized carbons (Fsp3) is 0.618. The van der Waals surface area contributed by atoms with E-state index in [1.165, 1.54) is 77.0 Å². The average molecular weight is 1550 g/mol. The molecule has 0 fully saturated rings. The first-order valence-corrected chi connectivity index (χ1v) is 44.0. The second kappa shape index (κ2) is 79.3. The molecule has 0 spiro atoms. The molecule has 108 heavy (non-hydrogen) atoms. The first-order valence-electron chi connectivity index (χ1n) is 41.0. The minimum atomic E-state index is -5.02. The van der Waals surface area contributed by atoms with Crippen molar-refractivity contribution in [2.45, 2.75) is 316 Å². The lowest BCUT2D eigenvalue weighted by atomic mass is 10.1. The molecule has 0 aromatic rings. The molecule has 0 aromatic heterocycles. The Hall–Kier alpha value is -5.84. The van der Waals surface area contributed by atoms with Crippen LogP contribution in [0.1, 0.15) is 297 Å². The van der Waals surface area contributed by atoms with Gasteiger partial charge in [-0.1, -0.05) is 287 Å². The maximum atomic E-state index is 13.1. The van der Waals surface area contributed by atoms with E-state index in [0.29, 0.717) is 44.9 Å². The summed E-state index contributed by atoms with van der Waals surface area (Å²) in [6.07, 6.45) is 96.1. The van der Waals surface area contributed by atoms with E-state index in [1.54, 1.807) is 0 Å². The molecule has 3 N–H and O–H groups in total. The van der Waals surface area contributed by atoms with Gasteiger partial charge in [-0.2, -0.15) is 0 Å². The van der Waals surface area contributed by atoms with E-state index < -0.39 is 97.5 Å². The maximum absolute atomic E-state index is 13.1. The number of carbonyl (C=O) groups excluding carboxylic acids is 4. The molecule has 0 radical (unpaired) electrons. The molecule has 0 bridgehead atoms. The molecule has 0 saturated carbocycles. The minimum absolute atomic E-state index is 0.00128. The average Bonchev–Trinajstić information content (AvgIpc) is 0.907. The molecular weight excluding hydrogens is 1400 g/mol. The molecule has 5 atom stereocenters. The Labute approximate surface area is 654 Å². The smallest absolute Gasteiger partial charge is 0.462 e. The van der Waals surface area contributed by atoms with Gasteiger partial charge in [0.1, 0.15) is 19.3 Å². The topological polar surface area (TPSA) is 237 Å². The van der Waals surface area contributed by atoms with Gasteiger partial charge in [0.15, 0.2) is 12.2 Å². The van der Waals surface area contributed by atoms with E-state index in [9.17, 15) is 43.2 Å². The summed E-state index contributed by atoms with van der Waals surface area (Å²) in [6.45, 7) is 4.46. The zero-order valence-corrected chi connectivity index (χ0v) is 68.7. The number of aliphatic hydroxyl groups excluding tert-OH is 1. The van der Waals surface area contributed by atoms with Crippen molar-refractivity contribution >= 4 is 39.5 Å². The Morgan fingerprint density at radius 3 is 0.861 bits per heavy atom. The molecule has 0 aliphatic carbocycles. The minimum Gasteiger partial charge on any atom is -0.462 e. The summed E-state index contributed by atoms with van der Waals surface area (Å²) in [4.78, 5) is 73.0. The summed E-state index contributed by atoms with van der Waals surface area (Å²) in [5, 5.41) is 10.7. The van der Waals surface area contributed by atoms with Gasteiger partial charge in [-0.25, -0.2) is 9.13 Å². The normalized spacial score (nSPS) is 14.8. The van der Waals surface area contributed by atoms with Crippen LogP contribution in [0.3, 0.4) is 0 Å². The Morgan fingerprint density at radius 2 is 0.509 bits per heavy atom. The number of hydrogen-bond acceptors (Lipinski definition) is 15. The lowest BCUT2D eigenvalue weighted by Gasteiger charge is -2.21. The highest BCUT2D eigenvalue weighted by atomic mass is 31.2. The van der Waals surface area contributed by atoms with Gasteiger partial charge in [-0.05, 0) is 167 Å². The molecule has 2 unspecified atom stereocenters. The number of rotatable bonds is 75. The van der Waals surface area contributed by atoms with Crippen LogP contribution in [0.25, 0.3) is 0 Å². The number of esters is 4. The molecule has 612 valence electrons. The highest BCUT2D eigenvalue weighted by molar-refractivity contribution is 7.47. The standard InChI is InChI=1S/C89H144O17P2/c1-5-9-13-17-21-25-29-33-37-40-41-44-48-52-56-60-64-68-72-76-89(94)106-84(79-99-86(91)73-69-65-61-57-53-49-45-36-32-28-24-20-16-12-8-4)81-103-107(95,96)101-77-83(90)78-102-108(97,98)104-82-85(105-88(93)75-71-67-63-59-55-51-47-43-39-35-31-27-23-19-15-11-7-3)80-100-87(92)74-70-66-62-58-54-50-46-42-38-34-30-26-22-18-14-10-6-2/h9,13,21-23,25-27,33-39,41,44-47,50-52,56,58-59,62-64,68,83-85,90H,5-8,10-12,14-20,24,28-32,40,42-43,48-49,53-55,57,60-61,65-67,69-82H2,1-4H3,(H,95,96)(H,97,98)/b13-9-,25-21-,26-22-,27-23-,37-33-,38-34-,39-35-,44-41-,45-36-,50-46-,51-47-,56-52-,62-58-,63-59-,68-64-/t83-,84+,85+/m0/s1. The monoisotopic (exact) mass is 1550 g/mol. The van der Waals surface area contributed by atoms with Crippen molar-refractivity contribution in [2.24, 2.45) is 0 Å². The number of carbonyl (C=O) groups is 4. The van der Waals surface area contributed by atoms with Gasteiger partial charge in [0.2, 0.25) is 0 Å². The van der Waals surface area contributed by atoms with Crippen molar-refractivity contribution in [3.05, 3.63) is 182 Å². The number of hydrogen-bond donors (Lipinski definition) is 3. The lowest BCUT2D eigenvalue weighted by molar-refractivity contribution is -0.161. The van der Waals surface area contributed by atoms with Gasteiger partial charge >= 0.3 is 39.5 Å². The number of ether oxygens (including phenoxy) is 4. The van der Waals surface area contributed by atoms with Crippen LogP contribution in [0.15, 0.2) is 182 Å². The highest BCUT2D eigenvalue weighted by Gasteiger charge is 2.30. The molecule has 0 heterocycles. The predicted octanol–water partition coefficient (Wildman–Crippen LogP) is 24.3. The van der Waals surface area contributed by atoms with Gasteiger partial charge in [0.25, 0.3) is 0 Å². The summed E-state index contributed by atoms with van der Waals surface area (Å²) in [7, 11) is -10.0. The van der Waals surface area contributed by atoms with Gasteiger partial charge in [0.05, 0.1) is 26.4 Å². The van der Waals surface area contributed by atoms with Crippen LogP contribution in [0, 0.1) is 0 Å². The summed E-state index contributed by atoms with van der Waals surface area (Å²) in [5.74, 6) is -2.43. The van der Waals surface area contributed by atoms with Crippen LogP contribution in [-0.2, 0) is 65.4 Å². The molecular formula is C89H144O17P2. The van der Waals surface area contributed by atoms with Crippen LogP contribution in [0.4, 0.5) is 0 Å². The molecule has 0 aromatic carbocycles. The van der Waals surface area contributed by atoms with Crippen LogP contribution in [-0.4, -0.2) is 96.7 Å². The van der Waals surface area contributed by atoms with Crippen LogP contribution >= 0.6 is 15.6 Å². The third kappa shape index (κ3) is 78.3. The fourth-order valence-electron chi connectivity index (χ4n) is 10.1. The first-order chi connectivity index (χ1) is 52.7. The SMILES string of the molecule is CC/C=C\C/C=C\C/C=C\C/C=C\C/C=C\C/C=C\CCC(=O)O[C@H](COC(=O)CCCCCCC/C=C\CCCCCCCC)COP(=O)(O)OC[C@H](O)COP(=O)(O)OC[C@@H](COC(=O)CCC/C=C\C/C=C\C/C=C\C/C=C\CCCCC)OC(=O)CCC/C=C\C/C=C\C/C=C\C/C=C\CCCCC. The van der Waals surface area contributed by atoms with E-state index in [4.69, 9.17) is 37.0 Å². The summed E-state index contributed by atoms with van der Waals surface area (Å²) in [5.41, 5.74) is 0. The first kappa shape index (κ1) is 102. The second-order valence-electron chi connectivity index (χ2n) is 26.6. The van der Waals surface area contributed by atoms with E-state index >= 15 is 0 Å². The van der Waals surface area contributed by atoms with Crippen molar-refractivity contribution in [2.75, 3.05) is 39.6 Å². The Balaban J connectivity index is 5.57. The summed E-state index contributed by atoms with van der Waals surface area (Å²) in [6, 6.07) is 0. The van der Waals surface area contributed by atoms with E-state index in [2.05, 4.69) is 167 Å². The number of unbranched alkanes of at least 4 members (excludes halogenated alkanes) is 19. The van der Waals surface area contributed by atoms with Crippen molar-refractivity contribution in [1.82, 2.24) is 0 Å². The van der Waals surface area contributed by atoms with E-state index in [1.807, 2.05) is 42.5 Å². The molecule has 0 rings (SSSR count). The molecule has 0 amide bonds. The van der Waals surface area contributed by atoms with Gasteiger partial charge in [-0.15, -0.1) is 0 Å². The van der Waals surface area contributed by atoms with Gasteiger partial charge in [-0.3, -0.25) is 37.3 Å². The zero-order valence-electron chi connectivity index (χ0n) is 66.9. The second-order valence-corrected chi connectivity index (χ2v) is 29.5. The number of aliphatic hydroxyl groups is 1. The summed E-state index contributed by atoms with van der Waals surface area (Å²) >= 11 is 0. The van der Waals surface area contributed by atoms with Crippen molar-refractivity contribution in [3.63, 3.8) is 0 Å². The van der Waals surface area contributed by atoms with E-state index in [-0.39, 0.29) is 25.7 Å². The van der Waals surface area contributed by atoms with Crippen LogP contribution in [0.5, 0.6) is 0 Å². The molecule has 0 saturated heterocycles. The highest BCUT2D eigenvalue weighted by Crippen LogP contribution is 2.45. The fourth-order valence-corrected chi connectivity index (χ4v) is 11.7. The third-order valence-corrected chi connectivity index (χ3v) is 18.2. The van der Waals surface area contributed by atoms with Crippen molar-refractivity contribution in [1.29, 1.82) is 0 Å². The Kier molecular flexibility index (Phi) is 75.0. The molecule has 0 aliphatic heterocycles. The molecule has 19 heteroatoms. The third-order valence-electron chi connectivity index (χ3n) is 16.3. The van der Waals surface area contributed by atoms with Crippen LogP contribution in [0.2, 0.25) is 0 Å². The number of allylic oxidation sites excluding steroid dienone is 30. The van der Waals surface area contributed by atoms with Crippen molar-refractivity contribution in [3.8, 4) is 0 Å². The Bertz CT molecular complexity index is 2760. The van der Waals surface area contributed by atoms with E-state index in [0.717, 1.165) is 122 Å². The predicted molar refractivity (Wildman–Crippen MR) is 445 cm³/mol. The Morgan fingerprint density at radius 1 is 0.269 bits per heavy atom. The zero-order chi connectivity index (χ0) is 78.9. The molecule has 17 nitrogen and oxygen atoms in total. The van der Waals surface area contributed by atoms with Gasteiger partial charge < -0.3 is 33.8 Å². The van der Waals surface area contributed by atoms with Crippen LogP contribution < -0.4 is 0 Å². The largest absolute Gasteiger partial charge is 0.472 e. The molecule has 0 aliphatic rings.